The molecule has 1 N–H and O–H groups in total. The number of benzene rings is 1. The first-order valence-corrected chi connectivity index (χ1v) is 7.36. The number of rotatable bonds is 3. The lowest BCUT2D eigenvalue weighted by Gasteiger charge is -2.31. The lowest BCUT2D eigenvalue weighted by atomic mass is 10.1. The fraction of sp³-hybridized carbons (Fsp3) is 0.471. The standard InChI is InChI=1S/C17H23NO2/c1-13-7-9-16(15(12-13)8-10-17(19)20)18-11-5-3-4-6-14(18)2/h7-10,12,14H,3-6,11H2,1-2H3,(H,19,20)/b10-8+. The molecular formula is C17H23NO2. The highest BCUT2D eigenvalue weighted by Gasteiger charge is 2.19. The van der Waals surface area contributed by atoms with E-state index < -0.39 is 5.97 Å². The number of nitrogens with zero attached hydrogens (tertiary/aromatic N) is 1. The van der Waals surface area contributed by atoms with Crippen molar-refractivity contribution in [1.82, 2.24) is 0 Å². The third kappa shape index (κ3) is 3.62. The molecule has 2 rings (SSSR count). The Balaban J connectivity index is 2.36. The van der Waals surface area contributed by atoms with Crippen molar-refractivity contribution in [2.24, 2.45) is 0 Å². The highest BCUT2D eigenvalue weighted by atomic mass is 16.4. The zero-order chi connectivity index (χ0) is 14.5. The van der Waals surface area contributed by atoms with Gasteiger partial charge in [0.25, 0.3) is 0 Å². The molecule has 108 valence electrons. The molecule has 0 bridgehead atoms. The topological polar surface area (TPSA) is 40.5 Å². The average molecular weight is 273 g/mol. The molecule has 1 aliphatic rings. The normalized spacial score (nSPS) is 20.1. The Morgan fingerprint density at radius 2 is 2.15 bits per heavy atom. The van der Waals surface area contributed by atoms with E-state index in [-0.39, 0.29) is 0 Å². The predicted octanol–water partition coefficient (Wildman–Crippen LogP) is 3.86. The minimum atomic E-state index is -0.902. The van der Waals surface area contributed by atoms with Gasteiger partial charge in [0.15, 0.2) is 0 Å². The molecule has 0 radical (unpaired) electrons. The van der Waals surface area contributed by atoms with Crippen LogP contribution in [0.15, 0.2) is 24.3 Å². The van der Waals surface area contributed by atoms with E-state index in [9.17, 15) is 4.79 Å². The molecule has 0 aromatic heterocycles. The summed E-state index contributed by atoms with van der Waals surface area (Å²) in [7, 11) is 0. The van der Waals surface area contributed by atoms with Crippen LogP contribution in [-0.4, -0.2) is 23.7 Å². The lowest BCUT2D eigenvalue weighted by Crippen LogP contribution is -2.32. The van der Waals surface area contributed by atoms with Crippen LogP contribution in [0.25, 0.3) is 6.08 Å². The van der Waals surface area contributed by atoms with Crippen LogP contribution in [0.2, 0.25) is 0 Å². The Bertz CT molecular complexity index is 508. The maximum atomic E-state index is 10.8. The number of aryl methyl sites for hydroxylation is 1. The van der Waals surface area contributed by atoms with Crippen LogP contribution in [0.5, 0.6) is 0 Å². The number of anilines is 1. The summed E-state index contributed by atoms with van der Waals surface area (Å²) < 4.78 is 0. The first kappa shape index (κ1) is 14.6. The fourth-order valence-corrected chi connectivity index (χ4v) is 2.86. The summed E-state index contributed by atoms with van der Waals surface area (Å²) in [6.45, 7) is 5.35. The number of carbonyl (C=O) groups is 1. The molecule has 0 amide bonds. The van der Waals surface area contributed by atoms with Crippen molar-refractivity contribution in [2.45, 2.75) is 45.6 Å². The van der Waals surface area contributed by atoms with Crippen molar-refractivity contribution in [1.29, 1.82) is 0 Å². The van der Waals surface area contributed by atoms with E-state index in [1.807, 2.05) is 6.92 Å². The third-order valence-electron chi connectivity index (χ3n) is 3.95. The van der Waals surface area contributed by atoms with E-state index in [0.717, 1.165) is 23.4 Å². The number of carboxylic acids is 1. The van der Waals surface area contributed by atoms with Gasteiger partial charge >= 0.3 is 5.97 Å². The largest absolute Gasteiger partial charge is 0.478 e. The van der Waals surface area contributed by atoms with E-state index >= 15 is 0 Å². The van der Waals surface area contributed by atoms with Gasteiger partial charge in [-0.05, 0) is 50.5 Å². The number of aliphatic carboxylic acids is 1. The molecule has 1 atom stereocenters. The zero-order valence-electron chi connectivity index (χ0n) is 12.3. The summed E-state index contributed by atoms with van der Waals surface area (Å²) in [5.74, 6) is -0.902. The summed E-state index contributed by atoms with van der Waals surface area (Å²) in [6.07, 6.45) is 7.91. The number of hydrogen-bond acceptors (Lipinski definition) is 2. The molecule has 0 spiro atoms. The lowest BCUT2D eigenvalue weighted by molar-refractivity contribution is -0.131. The highest BCUT2D eigenvalue weighted by molar-refractivity contribution is 5.87. The maximum Gasteiger partial charge on any atom is 0.328 e. The van der Waals surface area contributed by atoms with Gasteiger partial charge in [-0.15, -0.1) is 0 Å². The first-order chi connectivity index (χ1) is 9.58. The van der Waals surface area contributed by atoms with Crippen molar-refractivity contribution in [3.63, 3.8) is 0 Å². The van der Waals surface area contributed by atoms with Gasteiger partial charge in [0.2, 0.25) is 0 Å². The Hall–Kier alpha value is -1.77. The smallest absolute Gasteiger partial charge is 0.328 e. The van der Waals surface area contributed by atoms with E-state index in [2.05, 4.69) is 30.0 Å². The predicted molar refractivity (Wildman–Crippen MR) is 83.1 cm³/mol. The van der Waals surface area contributed by atoms with Gasteiger partial charge < -0.3 is 10.0 Å². The van der Waals surface area contributed by atoms with Crippen LogP contribution in [0.1, 0.15) is 43.7 Å². The molecule has 0 saturated carbocycles. The van der Waals surface area contributed by atoms with Crippen LogP contribution >= 0.6 is 0 Å². The minimum absolute atomic E-state index is 0.511. The Morgan fingerprint density at radius 3 is 2.90 bits per heavy atom. The molecule has 1 fully saturated rings. The van der Waals surface area contributed by atoms with Gasteiger partial charge in [0.1, 0.15) is 0 Å². The first-order valence-electron chi connectivity index (χ1n) is 7.36. The molecular weight excluding hydrogens is 250 g/mol. The van der Waals surface area contributed by atoms with Crippen LogP contribution in [0, 0.1) is 6.92 Å². The molecule has 1 saturated heterocycles. The van der Waals surface area contributed by atoms with Gasteiger partial charge in [0.05, 0.1) is 0 Å². The second-order valence-corrected chi connectivity index (χ2v) is 5.63. The van der Waals surface area contributed by atoms with E-state index in [0.29, 0.717) is 6.04 Å². The number of carboxylic acid groups (broad SMARTS) is 1. The van der Waals surface area contributed by atoms with Crippen LogP contribution in [0.4, 0.5) is 5.69 Å². The molecule has 1 aromatic rings. The molecule has 0 aliphatic carbocycles. The molecule has 1 unspecified atom stereocenters. The zero-order valence-corrected chi connectivity index (χ0v) is 12.3. The molecule has 3 heteroatoms. The van der Waals surface area contributed by atoms with Crippen LogP contribution < -0.4 is 4.90 Å². The summed E-state index contributed by atoms with van der Waals surface area (Å²) in [5, 5.41) is 8.84. The average Bonchev–Trinajstić information content (AvgIpc) is 2.61. The van der Waals surface area contributed by atoms with Gasteiger partial charge in [-0.3, -0.25) is 0 Å². The van der Waals surface area contributed by atoms with Gasteiger partial charge in [-0.25, -0.2) is 4.79 Å². The van der Waals surface area contributed by atoms with E-state index in [1.54, 1.807) is 6.08 Å². The van der Waals surface area contributed by atoms with Crippen molar-refractivity contribution >= 4 is 17.7 Å². The Labute approximate surface area is 120 Å². The Kier molecular flexibility index (Phi) is 4.83. The van der Waals surface area contributed by atoms with Crippen molar-refractivity contribution in [3.8, 4) is 0 Å². The summed E-state index contributed by atoms with van der Waals surface area (Å²) >= 11 is 0. The maximum absolute atomic E-state index is 10.8. The number of hydrogen-bond donors (Lipinski definition) is 1. The second kappa shape index (κ2) is 6.60. The van der Waals surface area contributed by atoms with Crippen LogP contribution in [-0.2, 0) is 4.79 Å². The summed E-state index contributed by atoms with van der Waals surface area (Å²) in [6, 6.07) is 6.80. The monoisotopic (exact) mass is 273 g/mol. The van der Waals surface area contributed by atoms with Gasteiger partial charge in [-0.1, -0.05) is 24.5 Å². The van der Waals surface area contributed by atoms with Gasteiger partial charge in [0, 0.05) is 24.4 Å². The molecule has 1 aliphatic heterocycles. The molecule has 3 nitrogen and oxygen atoms in total. The fourth-order valence-electron chi connectivity index (χ4n) is 2.86. The van der Waals surface area contributed by atoms with E-state index in [1.165, 1.54) is 31.8 Å². The van der Waals surface area contributed by atoms with Crippen molar-refractivity contribution in [2.75, 3.05) is 11.4 Å². The van der Waals surface area contributed by atoms with Crippen LogP contribution in [0.3, 0.4) is 0 Å². The Morgan fingerprint density at radius 1 is 1.35 bits per heavy atom. The summed E-state index contributed by atoms with van der Waals surface area (Å²) in [4.78, 5) is 13.2. The highest BCUT2D eigenvalue weighted by Crippen LogP contribution is 2.29. The second-order valence-electron chi connectivity index (χ2n) is 5.63. The van der Waals surface area contributed by atoms with Crippen molar-refractivity contribution in [3.05, 3.63) is 35.4 Å². The summed E-state index contributed by atoms with van der Waals surface area (Å²) in [5.41, 5.74) is 3.31. The molecule has 1 aromatic carbocycles. The van der Waals surface area contributed by atoms with Gasteiger partial charge in [-0.2, -0.15) is 0 Å². The third-order valence-corrected chi connectivity index (χ3v) is 3.95. The molecule has 1 heterocycles. The van der Waals surface area contributed by atoms with Crippen molar-refractivity contribution < 1.29 is 9.90 Å². The minimum Gasteiger partial charge on any atom is -0.478 e. The SMILES string of the molecule is Cc1ccc(N2CCCCCC2C)c(/C=C/C(=O)O)c1. The van der Waals surface area contributed by atoms with E-state index in [4.69, 9.17) is 5.11 Å². The molecule has 20 heavy (non-hydrogen) atoms. The quantitative estimate of drug-likeness (QED) is 0.850.